The number of aromatic hydroxyl groups is 1. The normalized spacial score (nSPS) is 10.2. The molecule has 0 aromatic heterocycles. The van der Waals surface area contributed by atoms with E-state index < -0.39 is 6.09 Å². The molecular formula is C9H8Cl3NO3. The number of benzene rings is 1. The molecule has 0 aliphatic rings. The fraction of sp³-hybridized carbons (Fsp3) is 0.222. The van der Waals surface area contributed by atoms with Crippen LogP contribution in [0, 0.1) is 0 Å². The Kier molecular flexibility index (Phi) is 4.53. The van der Waals surface area contributed by atoms with Crippen molar-refractivity contribution in [1.82, 2.24) is 0 Å². The Morgan fingerprint density at radius 2 is 1.94 bits per heavy atom. The Balaban J connectivity index is 3.20. The fourth-order valence-electron chi connectivity index (χ4n) is 1.14. The number of alkyl halides is 1. The van der Waals surface area contributed by atoms with Crippen LogP contribution in [0.3, 0.4) is 0 Å². The maximum atomic E-state index is 10.9. The average molecular weight is 285 g/mol. The van der Waals surface area contributed by atoms with Crippen molar-refractivity contribution in [3.05, 3.63) is 22.2 Å². The second-order valence-corrected chi connectivity index (χ2v) is 3.99. The molecule has 16 heavy (non-hydrogen) atoms. The number of phenols is 1. The highest BCUT2D eigenvalue weighted by Gasteiger charge is 2.19. The molecule has 1 amide bonds. The first-order valence-corrected chi connectivity index (χ1v) is 5.51. The largest absolute Gasteiger partial charge is 0.506 e. The fourth-order valence-corrected chi connectivity index (χ4v) is 1.73. The van der Waals surface area contributed by atoms with E-state index in [1.54, 1.807) is 0 Å². The van der Waals surface area contributed by atoms with Crippen LogP contribution >= 0.6 is 34.8 Å². The van der Waals surface area contributed by atoms with Crippen LogP contribution in [0.2, 0.25) is 10.0 Å². The van der Waals surface area contributed by atoms with Crippen molar-refractivity contribution in [2.45, 2.75) is 0 Å². The van der Waals surface area contributed by atoms with E-state index >= 15 is 0 Å². The zero-order valence-electron chi connectivity index (χ0n) is 7.95. The Morgan fingerprint density at radius 1 is 1.31 bits per heavy atom. The summed E-state index contributed by atoms with van der Waals surface area (Å²) < 4.78 is 0. The number of phenolic OH excluding ortho intramolecular Hbond substituents is 1. The molecule has 2 N–H and O–H groups in total. The van der Waals surface area contributed by atoms with Gasteiger partial charge in [0.1, 0.15) is 10.8 Å². The summed E-state index contributed by atoms with van der Waals surface area (Å²) in [5.41, 5.74) is 0.192. The first-order chi connectivity index (χ1) is 7.49. The summed E-state index contributed by atoms with van der Waals surface area (Å²) >= 11 is 17.0. The third-order valence-electron chi connectivity index (χ3n) is 1.87. The van der Waals surface area contributed by atoms with E-state index in [0.717, 1.165) is 4.90 Å². The van der Waals surface area contributed by atoms with Crippen molar-refractivity contribution in [2.24, 2.45) is 0 Å². The van der Waals surface area contributed by atoms with Crippen LogP contribution in [0.4, 0.5) is 10.5 Å². The molecule has 1 aromatic carbocycles. The van der Waals surface area contributed by atoms with Crippen molar-refractivity contribution >= 4 is 46.6 Å². The number of carbonyl (C=O) groups is 1. The van der Waals surface area contributed by atoms with Gasteiger partial charge in [0, 0.05) is 12.4 Å². The van der Waals surface area contributed by atoms with E-state index in [-0.39, 0.29) is 33.9 Å². The SMILES string of the molecule is O=C(O)N(CCCl)c1ccc(O)c(Cl)c1Cl. The highest BCUT2D eigenvalue weighted by molar-refractivity contribution is 6.44. The second kappa shape index (κ2) is 5.48. The molecule has 0 bridgehead atoms. The summed E-state index contributed by atoms with van der Waals surface area (Å²) in [7, 11) is 0. The Labute approximate surface area is 107 Å². The average Bonchev–Trinajstić information content (AvgIpc) is 2.24. The van der Waals surface area contributed by atoms with Crippen LogP contribution in [-0.2, 0) is 0 Å². The topological polar surface area (TPSA) is 60.8 Å². The van der Waals surface area contributed by atoms with Crippen LogP contribution in [-0.4, -0.2) is 28.7 Å². The molecule has 1 aromatic rings. The van der Waals surface area contributed by atoms with Gasteiger partial charge in [0.2, 0.25) is 0 Å². The van der Waals surface area contributed by atoms with Gasteiger partial charge in [0.05, 0.1) is 10.7 Å². The number of anilines is 1. The molecule has 0 heterocycles. The second-order valence-electron chi connectivity index (χ2n) is 2.85. The quantitative estimate of drug-likeness (QED) is 0.836. The Hall–Kier alpha value is -0.840. The van der Waals surface area contributed by atoms with Crippen LogP contribution in [0.1, 0.15) is 0 Å². The lowest BCUT2D eigenvalue weighted by Crippen LogP contribution is -2.31. The summed E-state index contributed by atoms with van der Waals surface area (Å²) in [5, 5.41) is 18.1. The van der Waals surface area contributed by atoms with Crippen molar-refractivity contribution in [2.75, 3.05) is 17.3 Å². The molecular weight excluding hydrogens is 276 g/mol. The van der Waals surface area contributed by atoms with Crippen LogP contribution in [0.25, 0.3) is 0 Å². The zero-order valence-corrected chi connectivity index (χ0v) is 10.2. The van der Waals surface area contributed by atoms with Crippen molar-refractivity contribution in [1.29, 1.82) is 0 Å². The molecule has 7 heteroatoms. The maximum Gasteiger partial charge on any atom is 0.411 e. The Bertz CT molecular complexity index is 411. The molecule has 0 atom stereocenters. The number of amides is 1. The summed E-state index contributed by atoms with van der Waals surface area (Å²) in [5.74, 6) is -0.0761. The molecule has 0 fully saturated rings. The molecule has 88 valence electrons. The van der Waals surface area contributed by atoms with Gasteiger partial charge in [0.25, 0.3) is 0 Å². The van der Waals surface area contributed by atoms with Gasteiger partial charge in [-0.2, -0.15) is 0 Å². The van der Waals surface area contributed by atoms with Gasteiger partial charge < -0.3 is 10.2 Å². The number of nitrogens with zero attached hydrogens (tertiary/aromatic N) is 1. The summed E-state index contributed by atoms with van der Waals surface area (Å²) in [4.78, 5) is 11.9. The van der Waals surface area contributed by atoms with Gasteiger partial charge in [-0.25, -0.2) is 4.79 Å². The van der Waals surface area contributed by atoms with E-state index in [4.69, 9.17) is 39.9 Å². The number of rotatable bonds is 3. The molecule has 1 rings (SSSR count). The van der Waals surface area contributed by atoms with Crippen molar-refractivity contribution < 1.29 is 15.0 Å². The zero-order chi connectivity index (χ0) is 12.3. The standard InChI is InChI=1S/C9H8Cl3NO3/c10-3-4-13(9(15)16)5-1-2-6(14)8(12)7(5)11/h1-2,14H,3-4H2,(H,15,16). The predicted octanol–water partition coefficient (Wildman–Crippen LogP) is 3.42. The first kappa shape index (κ1) is 13.2. The lowest BCUT2D eigenvalue weighted by atomic mass is 10.2. The lowest BCUT2D eigenvalue weighted by molar-refractivity contribution is 0.202. The number of carboxylic acid groups (broad SMARTS) is 1. The van der Waals surface area contributed by atoms with Gasteiger partial charge in [-0.1, -0.05) is 23.2 Å². The van der Waals surface area contributed by atoms with Crippen molar-refractivity contribution in [3.8, 4) is 5.75 Å². The molecule has 0 unspecified atom stereocenters. The van der Waals surface area contributed by atoms with Crippen LogP contribution < -0.4 is 4.90 Å². The summed E-state index contributed by atoms with van der Waals surface area (Å²) in [6, 6.07) is 2.64. The number of hydrogen-bond donors (Lipinski definition) is 2. The van der Waals surface area contributed by atoms with E-state index in [1.807, 2.05) is 0 Å². The summed E-state index contributed by atoms with van der Waals surface area (Å²) in [6.45, 7) is 0.0811. The van der Waals surface area contributed by atoms with Gasteiger partial charge in [-0.15, -0.1) is 11.6 Å². The molecule has 0 aliphatic carbocycles. The minimum Gasteiger partial charge on any atom is -0.506 e. The van der Waals surface area contributed by atoms with Crippen molar-refractivity contribution in [3.63, 3.8) is 0 Å². The Morgan fingerprint density at radius 3 is 2.44 bits per heavy atom. The monoisotopic (exact) mass is 283 g/mol. The highest BCUT2D eigenvalue weighted by Crippen LogP contribution is 2.38. The van der Waals surface area contributed by atoms with E-state index in [9.17, 15) is 9.90 Å². The summed E-state index contributed by atoms with van der Waals surface area (Å²) in [6.07, 6.45) is -1.19. The van der Waals surface area contributed by atoms with E-state index in [1.165, 1.54) is 12.1 Å². The molecule has 0 saturated heterocycles. The first-order valence-electron chi connectivity index (χ1n) is 4.22. The van der Waals surface area contributed by atoms with Gasteiger partial charge in [0.15, 0.2) is 0 Å². The number of halogens is 3. The lowest BCUT2D eigenvalue weighted by Gasteiger charge is -2.19. The third kappa shape index (κ3) is 2.64. The minimum atomic E-state index is -1.19. The molecule has 0 saturated carbocycles. The predicted molar refractivity (Wildman–Crippen MR) is 64.2 cm³/mol. The third-order valence-corrected chi connectivity index (χ3v) is 2.90. The number of hydrogen-bond acceptors (Lipinski definition) is 2. The highest BCUT2D eigenvalue weighted by atomic mass is 35.5. The molecule has 4 nitrogen and oxygen atoms in total. The smallest absolute Gasteiger partial charge is 0.411 e. The van der Waals surface area contributed by atoms with Crippen LogP contribution in [0.15, 0.2) is 12.1 Å². The van der Waals surface area contributed by atoms with Gasteiger partial charge >= 0.3 is 6.09 Å². The van der Waals surface area contributed by atoms with Crippen LogP contribution in [0.5, 0.6) is 5.75 Å². The van der Waals surface area contributed by atoms with Gasteiger partial charge in [-0.05, 0) is 12.1 Å². The van der Waals surface area contributed by atoms with Gasteiger partial charge in [-0.3, -0.25) is 4.90 Å². The minimum absolute atomic E-state index is 0.0193. The van der Waals surface area contributed by atoms with E-state index in [0.29, 0.717) is 0 Å². The molecule has 0 spiro atoms. The molecule has 0 aliphatic heterocycles. The molecule has 0 radical (unpaired) electrons. The van der Waals surface area contributed by atoms with E-state index in [2.05, 4.69) is 0 Å². The maximum absolute atomic E-state index is 10.9.